The van der Waals surface area contributed by atoms with E-state index in [0.717, 1.165) is 32.1 Å². The molecule has 3 aromatic rings. The summed E-state index contributed by atoms with van der Waals surface area (Å²) in [6, 6.07) is 10.1. The van der Waals surface area contributed by atoms with E-state index in [1.54, 1.807) is 29.1 Å². The number of alkyl halides is 3. The highest BCUT2D eigenvalue weighted by Crippen LogP contribution is 2.44. The minimum Gasteiger partial charge on any atom is -0.338 e. The summed E-state index contributed by atoms with van der Waals surface area (Å²) < 4.78 is 43.9. The van der Waals surface area contributed by atoms with Crippen LogP contribution in [0.3, 0.4) is 0 Å². The summed E-state index contributed by atoms with van der Waals surface area (Å²) in [6.45, 7) is 0.316. The van der Waals surface area contributed by atoms with Crippen LogP contribution in [0.2, 0.25) is 0 Å². The zero-order valence-electron chi connectivity index (χ0n) is 19.2. The molecular formula is C25H27F3N6O. The van der Waals surface area contributed by atoms with Gasteiger partial charge in [-0.25, -0.2) is 0 Å². The van der Waals surface area contributed by atoms with Crippen molar-refractivity contribution in [3.05, 3.63) is 52.4 Å². The number of nitrogens with zero attached hydrogens (tertiary/aromatic N) is 3. The predicted molar refractivity (Wildman–Crippen MR) is 126 cm³/mol. The van der Waals surface area contributed by atoms with Crippen LogP contribution in [0.1, 0.15) is 56.6 Å². The van der Waals surface area contributed by atoms with Gasteiger partial charge in [-0.05, 0) is 62.4 Å². The van der Waals surface area contributed by atoms with E-state index in [0.29, 0.717) is 35.4 Å². The highest BCUT2D eigenvalue weighted by atomic mass is 19.4. The Kier molecular flexibility index (Phi) is 6.05. The van der Waals surface area contributed by atoms with Gasteiger partial charge in [0.05, 0.1) is 23.5 Å². The van der Waals surface area contributed by atoms with Gasteiger partial charge in [-0.3, -0.25) is 14.8 Å². The molecule has 2 aliphatic rings. The van der Waals surface area contributed by atoms with Gasteiger partial charge in [0, 0.05) is 11.9 Å². The van der Waals surface area contributed by atoms with E-state index < -0.39 is 11.7 Å². The highest BCUT2D eigenvalue weighted by molar-refractivity contribution is 5.91. The molecule has 7 nitrogen and oxygen atoms in total. The van der Waals surface area contributed by atoms with Crippen molar-refractivity contribution in [1.29, 1.82) is 5.26 Å². The molecule has 3 heterocycles. The number of nitrogens with one attached hydrogen (secondary N) is 3. The third kappa shape index (κ3) is 4.08. The molecule has 35 heavy (non-hydrogen) atoms. The number of rotatable bonds is 4. The van der Waals surface area contributed by atoms with Crippen molar-refractivity contribution in [2.24, 2.45) is 5.92 Å². The number of piperidine rings is 1. The van der Waals surface area contributed by atoms with Gasteiger partial charge in [0.1, 0.15) is 10.9 Å². The molecular weight excluding hydrogens is 457 g/mol. The predicted octanol–water partition coefficient (Wildman–Crippen LogP) is 5.25. The third-order valence-corrected chi connectivity index (χ3v) is 7.37. The second-order valence-corrected chi connectivity index (χ2v) is 9.44. The van der Waals surface area contributed by atoms with Gasteiger partial charge in [0.2, 0.25) is 0 Å². The molecule has 3 atom stereocenters. The number of hydrogen-bond donors (Lipinski definition) is 3. The van der Waals surface area contributed by atoms with Crippen LogP contribution < -0.4 is 16.2 Å². The lowest BCUT2D eigenvalue weighted by molar-refractivity contribution is -0.207. The molecule has 1 aliphatic carbocycles. The fourth-order valence-electron chi connectivity index (χ4n) is 5.53. The highest BCUT2D eigenvalue weighted by Gasteiger charge is 2.56. The average molecular weight is 485 g/mol. The number of fused-ring (bicyclic) bond motifs is 1. The van der Waals surface area contributed by atoms with Crippen LogP contribution in [-0.2, 0) is 5.54 Å². The molecule has 10 heteroatoms. The molecule has 1 saturated heterocycles. The number of pyridine rings is 1. The van der Waals surface area contributed by atoms with Gasteiger partial charge in [-0.15, -0.1) is 0 Å². The van der Waals surface area contributed by atoms with E-state index in [-0.39, 0.29) is 29.5 Å². The largest absolute Gasteiger partial charge is 0.410 e. The zero-order chi connectivity index (χ0) is 24.6. The molecule has 1 aliphatic heterocycles. The average Bonchev–Trinajstić information content (AvgIpc) is 3.23. The number of H-pyrrole nitrogens is 1. The molecule has 3 N–H and O–H groups in total. The third-order valence-electron chi connectivity index (χ3n) is 7.37. The number of anilines is 2. The van der Waals surface area contributed by atoms with Crippen molar-refractivity contribution >= 4 is 22.4 Å². The second kappa shape index (κ2) is 9.04. The molecule has 0 amide bonds. The first-order chi connectivity index (χ1) is 16.8. The number of hydrogen-bond acceptors (Lipinski definition) is 5. The fraction of sp³-hybridized carbons (Fsp3) is 0.480. The first-order valence-corrected chi connectivity index (χ1v) is 12.0. The van der Waals surface area contributed by atoms with Crippen LogP contribution in [0, 0.1) is 17.2 Å². The molecule has 1 aromatic carbocycles. The summed E-state index contributed by atoms with van der Waals surface area (Å²) in [5.41, 5.74) is -1.05. The Balaban J connectivity index is 1.50. The number of halogens is 3. The number of benzene rings is 1. The van der Waals surface area contributed by atoms with Crippen LogP contribution in [0.4, 0.5) is 24.7 Å². The minimum atomic E-state index is -4.41. The van der Waals surface area contributed by atoms with Crippen molar-refractivity contribution in [1.82, 2.24) is 20.1 Å². The topological polar surface area (TPSA) is 98.5 Å². The lowest BCUT2D eigenvalue weighted by Crippen LogP contribution is -2.56. The SMILES string of the molecule is N#CC1CCCC[C@@H]1n1nc(Nc2ccc(C3(C(F)(F)F)CCCCN3)cc2)c2c(=O)[nH]ccc21. The van der Waals surface area contributed by atoms with Crippen molar-refractivity contribution in [3.8, 4) is 6.07 Å². The quantitative estimate of drug-likeness (QED) is 0.470. The first kappa shape index (κ1) is 23.4. The van der Waals surface area contributed by atoms with E-state index in [9.17, 15) is 23.2 Å². The maximum absolute atomic E-state index is 14.0. The fourth-order valence-corrected chi connectivity index (χ4v) is 5.53. The van der Waals surface area contributed by atoms with E-state index in [1.165, 1.54) is 12.1 Å². The number of aromatic amines is 1. The number of nitriles is 1. The zero-order valence-corrected chi connectivity index (χ0v) is 19.2. The van der Waals surface area contributed by atoms with Crippen LogP contribution in [0.5, 0.6) is 0 Å². The minimum absolute atomic E-state index is 0.00482. The van der Waals surface area contributed by atoms with E-state index >= 15 is 0 Å². The lowest BCUT2D eigenvalue weighted by Gasteiger charge is -2.40. The van der Waals surface area contributed by atoms with Gasteiger partial charge >= 0.3 is 6.18 Å². The summed E-state index contributed by atoms with van der Waals surface area (Å²) in [7, 11) is 0. The van der Waals surface area contributed by atoms with Crippen molar-refractivity contribution < 1.29 is 13.2 Å². The summed E-state index contributed by atoms with van der Waals surface area (Å²) in [6.07, 6.45) is 1.90. The molecule has 1 saturated carbocycles. The van der Waals surface area contributed by atoms with Crippen LogP contribution in [0.15, 0.2) is 41.3 Å². The van der Waals surface area contributed by atoms with E-state index in [2.05, 4.69) is 26.8 Å². The molecule has 0 spiro atoms. The van der Waals surface area contributed by atoms with Crippen molar-refractivity contribution in [3.63, 3.8) is 0 Å². The van der Waals surface area contributed by atoms with Gasteiger partial charge in [0.25, 0.3) is 5.56 Å². The Morgan fingerprint density at radius 3 is 2.57 bits per heavy atom. The summed E-state index contributed by atoms with van der Waals surface area (Å²) >= 11 is 0. The molecule has 0 radical (unpaired) electrons. The second-order valence-electron chi connectivity index (χ2n) is 9.44. The maximum Gasteiger partial charge on any atom is 0.410 e. The standard InChI is InChI=1S/C25H27F3N6O/c26-25(27,28)24(12-3-4-13-31-24)17-7-9-18(10-8-17)32-22-21-20(11-14-30-23(21)35)34(33-22)19-6-2-1-5-16(19)15-29/h7-11,14,16,19,31H,1-6,12-13H2,(H,30,35)(H,32,33)/t16?,19-,24?/m0/s1. The van der Waals surface area contributed by atoms with Crippen LogP contribution >= 0.6 is 0 Å². The van der Waals surface area contributed by atoms with Crippen LogP contribution in [0.25, 0.3) is 10.9 Å². The van der Waals surface area contributed by atoms with Crippen LogP contribution in [-0.4, -0.2) is 27.5 Å². The van der Waals surface area contributed by atoms with Gasteiger partial charge in [0.15, 0.2) is 5.82 Å². The smallest absolute Gasteiger partial charge is 0.338 e. The summed E-state index contributed by atoms with van der Waals surface area (Å²) in [5, 5.41) is 20.5. The van der Waals surface area contributed by atoms with E-state index in [1.807, 2.05) is 0 Å². The molecule has 2 aromatic heterocycles. The monoisotopic (exact) mass is 484 g/mol. The lowest BCUT2D eigenvalue weighted by atomic mass is 9.81. The molecule has 0 bridgehead atoms. The number of aromatic nitrogens is 3. The molecule has 184 valence electrons. The molecule has 5 rings (SSSR count). The molecule has 2 unspecified atom stereocenters. The Morgan fingerprint density at radius 2 is 1.89 bits per heavy atom. The maximum atomic E-state index is 14.0. The normalized spacial score (nSPS) is 25.3. The molecule has 2 fully saturated rings. The van der Waals surface area contributed by atoms with Gasteiger partial charge in [-0.1, -0.05) is 25.0 Å². The van der Waals surface area contributed by atoms with Crippen molar-refractivity contribution in [2.45, 2.75) is 62.7 Å². The Hall–Kier alpha value is -3.32. The van der Waals surface area contributed by atoms with E-state index in [4.69, 9.17) is 0 Å². The van der Waals surface area contributed by atoms with Crippen molar-refractivity contribution in [2.75, 3.05) is 11.9 Å². The van der Waals surface area contributed by atoms with Gasteiger partial charge < -0.3 is 10.3 Å². The first-order valence-electron chi connectivity index (χ1n) is 12.0. The Morgan fingerprint density at radius 1 is 1.11 bits per heavy atom. The Bertz CT molecular complexity index is 1300. The summed E-state index contributed by atoms with van der Waals surface area (Å²) in [4.78, 5) is 15.4. The summed E-state index contributed by atoms with van der Waals surface area (Å²) in [5.74, 6) is 0.123. The van der Waals surface area contributed by atoms with Gasteiger partial charge in [-0.2, -0.15) is 23.5 Å². The Labute approximate surface area is 200 Å².